The number of hydrogen-bond donors (Lipinski definition) is 2. The molecule has 0 heterocycles. The van der Waals surface area contributed by atoms with Gasteiger partial charge in [0.1, 0.15) is 0 Å². The van der Waals surface area contributed by atoms with Crippen molar-refractivity contribution in [3.05, 3.63) is 35.9 Å². The first-order valence-electron chi connectivity index (χ1n) is 6.90. The molecule has 5 heteroatoms. The highest BCUT2D eigenvalue weighted by Crippen LogP contribution is 2.28. The smallest absolute Gasteiger partial charge is 0.237 e. The highest BCUT2D eigenvalue weighted by Gasteiger charge is 2.21. The number of amides is 1. The molecule has 1 amide bonds. The molecule has 1 fully saturated rings. The van der Waals surface area contributed by atoms with Gasteiger partial charge in [-0.3, -0.25) is 4.79 Å². The van der Waals surface area contributed by atoms with Crippen LogP contribution in [-0.2, 0) is 16.0 Å². The fourth-order valence-corrected chi connectivity index (χ4v) is 1.87. The number of benzene rings is 1. The quantitative estimate of drug-likeness (QED) is 0.715. The minimum Gasteiger partial charge on any atom is -0.379 e. The number of hydrogen-bond acceptors (Lipinski definition) is 3. The molecule has 1 atom stereocenters. The van der Waals surface area contributed by atoms with Crippen LogP contribution in [0.25, 0.3) is 0 Å². The van der Waals surface area contributed by atoms with E-state index in [4.69, 9.17) is 10.5 Å². The van der Waals surface area contributed by atoms with Gasteiger partial charge in [0.2, 0.25) is 5.91 Å². The molecule has 3 N–H and O–H groups in total. The predicted molar refractivity (Wildman–Crippen MR) is 81.9 cm³/mol. The first-order valence-corrected chi connectivity index (χ1v) is 6.90. The van der Waals surface area contributed by atoms with Crippen LogP contribution in [0.4, 0.5) is 0 Å². The number of halogens is 1. The van der Waals surface area contributed by atoms with Gasteiger partial charge in [0.05, 0.1) is 12.6 Å². The molecule has 0 spiro atoms. The zero-order chi connectivity index (χ0) is 13.5. The molecule has 2 rings (SSSR count). The van der Waals surface area contributed by atoms with Crippen LogP contribution in [-0.4, -0.2) is 31.7 Å². The summed E-state index contributed by atoms with van der Waals surface area (Å²) in [5.41, 5.74) is 6.95. The van der Waals surface area contributed by atoms with E-state index in [1.165, 1.54) is 12.8 Å². The summed E-state index contributed by atoms with van der Waals surface area (Å²) in [4.78, 5) is 11.8. The molecule has 0 unspecified atom stereocenters. The van der Waals surface area contributed by atoms with Gasteiger partial charge in [-0.15, -0.1) is 12.4 Å². The number of ether oxygens (including phenoxy) is 1. The maximum absolute atomic E-state index is 11.8. The third-order valence-corrected chi connectivity index (χ3v) is 3.23. The normalized spacial score (nSPS) is 15.2. The van der Waals surface area contributed by atoms with Gasteiger partial charge in [0, 0.05) is 13.2 Å². The second kappa shape index (κ2) is 8.95. The van der Waals surface area contributed by atoms with Gasteiger partial charge in [-0.25, -0.2) is 0 Å². The zero-order valence-corrected chi connectivity index (χ0v) is 12.4. The van der Waals surface area contributed by atoms with Gasteiger partial charge in [-0.2, -0.15) is 0 Å². The summed E-state index contributed by atoms with van der Waals surface area (Å²) in [6, 6.07) is 9.31. The fourth-order valence-electron chi connectivity index (χ4n) is 1.87. The molecule has 20 heavy (non-hydrogen) atoms. The lowest BCUT2D eigenvalue weighted by atomic mass is 10.1. The minimum absolute atomic E-state index is 0. The SMILES string of the molecule is Cl.N[C@@H](Cc1ccccc1)C(=O)NCCOCC1CC1. The largest absolute Gasteiger partial charge is 0.379 e. The molecular weight excluding hydrogens is 276 g/mol. The number of carbonyl (C=O) groups excluding carboxylic acids is 1. The topological polar surface area (TPSA) is 64.4 Å². The van der Waals surface area contributed by atoms with Crippen molar-refractivity contribution in [1.29, 1.82) is 0 Å². The maximum atomic E-state index is 11.8. The molecule has 4 nitrogen and oxygen atoms in total. The molecular formula is C15H23ClN2O2. The lowest BCUT2D eigenvalue weighted by Crippen LogP contribution is -2.43. The monoisotopic (exact) mass is 298 g/mol. The van der Waals surface area contributed by atoms with Gasteiger partial charge in [0.15, 0.2) is 0 Å². The molecule has 1 saturated carbocycles. The number of carbonyl (C=O) groups is 1. The lowest BCUT2D eigenvalue weighted by Gasteiger charge is -2.12. The summed E-state index contributed by atoms with van der Waals surface area (Å²) in [5, 5.41) is 2.81. The Kier molecular flexibility index (Phi) is 7.59. The van der Waals surface area contributed by atoms with Crippen LogP contribution >= 0.6 is 12.4 Å². The fraction of sp³-hybridized carbons (Fsp3) is 0.533. The van der Waals surface area contributed by atoms with E-state index >= 15 is 0 Å². The summed E-state index contributed by atoms with van der Waals surface area (Å²) < 4.78 is 5.45. The Labute approximate surface area is 126 Å². The standard InChI is InChI=1S/C15H22N2O2.ClH/c16-14(10-12-4-2-1-3-5-12)15(18)17-8-9-19-11-13-6-7-13;/h1-5,13-14H,6-11,16H2,(H,17,18);1H/t14-;/m0./s1. The Hall–Kier alpha value is -1.10. The lowest BCUT2D eigenvalue weighted by molar-refractivity contribution is -0.122. The van der Waals surface area contributed by atoms with Crippen LogP contribution in [0.15, 0.2) is 30.3 Å². The first-order chi connectivity index (χ1) is 9.25. The molecule has 112 valence electrons. The summed E-state index contributed by atoms with van der Waals surface area (Å²) in [5.74, 6) is 0.648. The third-order valence-electron chi connectivity index (χ3n) is 3.23. The van der Waals surface area contributed by atoms with E-state index < -0.39 is 6.04 Å². The first kappa shape index (κ1) is 17.0. The zero-order valence-electron chi connectivity index (χ0n) is 11.6. The van der Waals surface area contributed by atoms with Gasteiger partial charge < -0.3 is 15.8 Å². The van der Waals surface area contributed by atoms with E-state index in [0.29, 0.717) is 19.6 Å². The molecule has 0 aromatic heterocycles. The summed E-state index contributed by atoms with van der Waals surface area (Å²) >= 11 is 0. The molecule has 1 aliphatic rings. The van der Waals surface area contributed by atoms with E-state index in [1.54, 1.807) is 0 Å². The van der Waals surface area contributed by atoms with Crippen molar-refractivity contribution >= 4 is 18.3 Å². The molecule has 0 radical (unpaired) electrons. The Bertz CT molecular complexity index is 396. The van der Waals surface area contributed by atoms with E-state index in [9.17, 15) is 4.79 Å². The van der Waals surface area contributed by atoms with E-state index in [-0.39, 0.29) is 18.3 Å². The van der Waals surface area contributed by atoms with Crippen molar-refractivity contribution in [2.75, 3.05) is 19.8 Å². The summed E-state index contributed by atoms with van der Waals surface area (Å²) in [7, 11) is 0. The van der Waals surface area contributed by atoms with Crippen molar-refractivity contribution in [1.82, 2.24) is 5.32 Å². The van der Waals surface area contributed by atoms with Crippen LogP contribution < -0.4 is 11.1 Å². The summed E-state index contributed by atoms with van der Waals surface area (Å²) in [6.45, 7) is 1.93. The Morgan fingerprint density at radius 2 is 2.05 bits per heavy atom. The predicted octanol–water partition coefficient (Wildman–Crippen LogP) is 1.52. The molecule has 0 aliphatic heterocycles. The highest BCUT2D eigenvalue weighted by atomic mass is 35.5. The van der Waals surface area contributed by atoms with Crippen molar-refractivity contribution in [3.63, 3.8) is 0 Å². The number of nitrogens with one attached hydrogen (secondary N) is 1. The Morgan fingerprint density at radius 1 is 1.35 bits per heavy atom. The second-order valence-corrected chi connectivity index (χ2v) is 5.11. The van der Waals surface area contributed by atoms with Crippen molar-refractivity contribution in [2.45, 2.75) is 25.3 Å². The van der Waals surface area contributed by atoms with Crippen LogP contribution in [0.5, 0.6) is 0 Å². The van der Waals surface area contributed by atoms with Gasteiger partial charge in [-0.1, -0.05) is 30.3 Å². The molecule has 1 aliphatic carbocycles. The van der Waals surface area contributed by atoms with E-state index in [2.05, 4.69) is 5.32 Å². The second-order valence-electron chi connectivity index (χ2n) is 5.11. The third kappa shape index (κ3) is 6.37. The Morgan fingerprint density at radius 3 is 2.70 bits per heavy atom. The Balaban J connectivity index is 0.00000200. The number of rotatable bonds is 8. The van der Waals surface area contributed by atoms with Gasteiger partial charge >= 0.3 is 0 Å². The van der Waals surface area contributed by atoms with Gasteiger partial charge in [-0.05, 0) is 30.7 Å². The van der Waals surface area contributed by atoms with E-state index in [0.717, 1.165) is 18.1 Å². The average molecular weight is 299 g/mol. The van der Waals surface area contributed by atoms with Crippen molar-refractivity contribution in [3.8, 4) is 0 Å². The van der Waals surface area contributed by atoms with Crippen molar-refractivity contribution in [2.24, 2.45) is 11.7 Å². The molecule has 1 aromatic carbocycles. The van der Waals surface area contributed by atoms with Crippen LogP contribution in [0.3, 0.4) is 0 Å². The highest BCUT2D eigenvalue weighted by molar-refractivity contribution is 5.85. The van der Waals surface area contributed by atoms with E-state index in [1.807, 2.05) is 30.3 Å². The minimum atomic E-state index is -0.495. The number of nitrogens with two attached hydrogens (primary N) is 1. The van der Waals surface area contributed by atoms with Crippen LogP contribution in [0.1, 0.15) is 18.4 Å². The molecule has 0 bridgehead atoms. The van der Waals surface area contributed by atoms with Gasteiger partial charge in [0.25, 0.3) is 0 Å². The summed E-state index contributed by atoms with van der Waals surface area (Å²) in [6.07, 6.45) is 3.14. The van der Waals surface area contributed by atoms with Crippen molar-refractivity contribution < 1.29 is 9.53 Å². The molecule has 1 aromatic rings. The maximum Gasteiger partial charge on any atom is 0.237 e. The molecule has 0 saturated heterocycles. The average Bonchev–Trinajstić information content (AvgIpc) is 3.23. The van der Waals surface area contributed by atoms with Crippen LogP contribution in [0.2, 0.25) is 0 Å². The van der Waals surface area contributed by atoms with Crippen LogP contribution in [0, 0.1) is 5.92 Å².